The maximum Gasteiger partial charge on any atom is 0.0704 e. The van der Waals surface area contributed by atoms with Crippen molar-refractivity contribution in [3.63, 3.8) is 0 Å². The summed E-state index contributed by atoms with van der Waals surface area (Å²) in [5, 5.41) is 0. The van der Waals surface area contributed by atoms with Gasteiger partial charge in [0.05, 0.1) is 19.3 Å². The fourth-order valence-electron chi connectivity index (χ4n) is 2.41. The summed E-state index contributed by atoms with van der Waals surface area (Å²) in [6.45, 7) is 2.48. The Morgan fingerprint density at radius 2 is 1.75 bits per heavy atom. The van der Waals surface area contributed by atoms with E-state index in [0.717, 1.165) is 25.7 Å². The summed E-state index contributed by atoms with van der Waals surface area (Å²) in [5.74, 6) is 0.846. The van der Waals surface area contributed by atoms with Gasteiger partial charge in [-0.05, 0) is 31.6 Å². The molecule has 2 fully saturated rings. The monoisotopic (exact) mass is 290 g/mol. The molecule has 0 aromatic heterocycles. The van der Waals surface area contributed by atoms with Gasteiger partial charge in [0.25, 0.3) is 0 Å². The molecular formula is C13H23BrO2. The number of ether oxygens (including phenoxy) is 2. The lowest BCUT2D eigenvalue weighted by Crippen LogP contribution is -2.29. The first-order chi connectivity index (χ1) is 7.86. The zero-order valence-electron chi connectivity index (χ0n) is 10.00. The van der Waals surface area contributed by atoms with Gasteiger partial charge in [-0.1, -0.05) is 35.2 Å². The summed E-state index contributed by atoms with van der Waals surface area (Å²) in [4.78, 5) is 0.563. The molecule has 2 nitrogen and oxygen atoms in total. The van der Waals surface area contributed by atoms with E-state index in [-0.39, 0.29) is 0 Å². The van der Waals surface area contributed by atoms with E-state index >= 15 is 0 Å². The zero-order valence-corrected chi connectivity index (χ0v) is 11.6. The predicted molar refractivity (Wildman–Crippen MR) is 69.1 cm³/mol. The van der Waals surface area contributed by atoms with E-state index in [1.54, 1.807) is 0 Å². The van der Waals surface area contributed by atoms with Crippen molar-refractivity contribution in [2.24, 2.45) is 5.92 Å². The molecule has 94 valence electrons. The van der Waals surface area contributed by atoms with Crippen LogP contribution in [-0.2, 0) is 9.47 Å². The zero-order chi connectivity index (χ0) is 11.2. The fourth-order valence-corrected chi connectivity index (χ4v) is 3.15. The van der Waals surface area contributed by atoms with Gasteiger partial charge >= 0.3 is 0 Å². The van der Waals surface area contributed by atoms with Crippen molar-refractivity contribution in [3.05, 3.63) is 0 Å². The first kappa shape index (κ1) is 12.8. The maximum absolute atomic E-state index is 5.86. The lowest BCUT2D eigenvalue weighted by molar-refractivity contribution is -0.0183. The molecule has 0 bridgehead atoms. The lowest BCUT2D eigenvalue weighted by atomic mass is 9.86. The van der Waals surface area contributed by atoms with Crippen molar-refractivity contribution in [1.29, 1.82) is 0 Å². The molecule has 0 N–H and O–H groups in total. The van der Waals surface area contributed by atoms with Crippen LogP contribution in [0.5, 0.6) is 0 Å². The third kappa shape index (κ3) is 4.01. The van der Waals surface area contributed by atoms with E-state index in [1.165, 1.54) is 44.9 Å². The summed E-state index contributed by atoms with van der Waals surface area (Å²) < 4.78 is 11.5. The SMILES string of the molecule is BrC1CCCCC1OCCOCC1CCC1. The van der Waals surface area contributed by atoms with Gasteiger partial charge in [0.15, 0.2) is 0 Å². The second kappa shape index (κ2) is 6.97. The normalized spacial score (nSPS) is 31.3. The van der Waals surface area contributed by atoms with Crippen molar-refractivity contribution in [1.82, 2.24) is 0 Å². The molecule has 0 saturated heterocycles. The highest BCUT2D eigenvalue weighted by Crippen LogP contribution is 2.27. The smallest absolute Gasteiger partial charge is 0.0704 e. The lowest BCUT2D eigenvalue weighted by Gasteiger charge is -2.28. The molecule has 0 radical (unpaired) electrons. The van der Waals surface area contributed by atoms with Crippen molar-refractivity contribution in [2.45, 2.75) is 55.9 Å². The topological polar surface area (TPSA) is 18.5 Å². The molecule has 2 aliphatic carbocycles. The minimum Gasteiger partial charge on any atom is -0.379 e. The van der Waals surface area contributed by atoms with Gasteiger partial charge in [-0.2, -0.15) is 0 Å². The van der Waals surface area contributed by atoms with Crippen LogP contribution in [0.2, 0.25) is 0 Å². The minimum atomic E-state index is 0.418. The number of rotatable bonds is 6. The average Bonchev–Trinajstić information content (AvgIpc) is 2.23. The molecule has 2 rings (SSSR count). The molecule has 3 heteroatoms. The van der Waals surface area contributed by atoms with Crippen molar-refractivity contribution < 1.29 is 9.47 Å². The van der Waals surface area contributed by atoms with Gasteiger partial charge in [-0.3, -0.25) is 0 Å². The van der Waals surface area contributed by atoms with Crippen LogP contribution in [0.1, 0.15) is 44.9 Å². The molecule has 0 aromatic carbocycles. The Kier molecular flexibility index (Phi) is 5.60. The molecule has 2 aliphatic rings. The number of hydrogen-bond donors (Lipinski definition) is 0. The van der Waals surface area contributed by atoms with Gasteiger partial charge < -0.3 is 9.47 Å². The van der Waals surface area contributed by atoms with E-state index < -0.39 is 0 Å². The van der Waals surface area contributed by atoms with E-state index in [4.69, 9.17) is 9.47 Å². The van der Waals surface area contributed by atoms with Crippen molar-refractivity contribution in [3.8, 4) is 0 Å². The van der Waals surface area contributed by atoms with Crippen LogP contribution in [0, 0.1) is 5.92 Å². The Balaban J connectivity index is 1.46. The first-order valence-corrected chi connectivity index (χ1v) is 7.61. The van der Waals surface area contributed by atoms with E-state index in [0.29, 0.717) is 10.9 Å². The van der Waals surface area contributed by atoms with Gasteiger partial charge in [0, 0.05) is 11.4 Å². The van der Waals surface area contributed by atoms with Crippen LogP contribution in [0.4, 0.5) is 0 Å². The fraction of sp³-hybridized carbons (Fsp3) is 1.00. The van der Waals surface area contributed by atoms with Crippen molar-refractivity contribution in [2.75, 3.05) is 19.8 Å². The highest BCUT2D eigenvalue weighted by atomic mass is 79.9. The van der Waals surface area contributed by atoms with Crippen LogP contribution in [0.15, 0.2) is 0 Å². The van der Waals surface area contributed by atoms with Gasteiger partial charge in [-0.15, -0.1) is 0 Å². The number of hydrogen-bond acceptors (Lipinski definition) is 2. The first-order valence-electron chi connectivity index (χ1n) is 6.69. The third-order valence-electron chi connectivity index (χ3n) is 3.76. The Bertz CT molecular complexity index is 194. The molecule has 0 aromatic rings. The third-order valence-corrected chi connectivity index (χ3v) is 4.81. The van der Waals surface area contributed by atoms with Crippen LogP contribution in [-0.4, -0.2) is 30.8 Å². The van der Waals surface area contributed by atoms with E-state index in [9.17, 15) is 0 Å². The summed E-state index contributed by atoms with van der Waals surface area (Å²) in [5.41, 5.74) is 0. The van der Waals surface area contributed by atoms with E-state index in [2.05, 4.69) is 15.9 Å². The van der Waals surface area contributed by atoms with Gasteiger partial charge in [0.2, 0.25) is 0 Å². The largest absolute Gasteiger partial charge is 0.379 e. The molecule has 16 heavy (non-hydrogen) atoms. The standard InChI is InChI=1S/C13H23BrO2/c14-12-6-1-2-7-13(12)16-9-8-15-10-11-4-3-5-11/h11-13H,1-10H2. The summed E-state index contributed by atoms with van der Waals surface area (Å²) in [7, 11) is 0. The molecule has 0 amide bonds. The van der Waals surface area contributed by atoms with Gasteiger partial charge in [-0.25, -0.2) is 0 Å². The van der Waals surface area contributed by atoms with Crippen LogP contribution in [0.25, 0.3) is 0 Å². The number of alkyl halides is 1. The van der Waals surface area contributed by atoms with E-state index in [1.807, 2.05) is 0 Å². The molecule has 0 heterocycles. The Hall–Kier alpha value is 0.400. The Morgan fingerprint density at radius 3 is 2.44 bits per heavy atom. The average molecular weight is 291 g/mol. The maximum atomic E-state index is 5.86. The number of halogens is 1. The van der Waals surface area contributed by atoms with Crippen LogP contribution < -0.4 is 0 Å². The second-order valence-corrected chi connectivity index (χ2v) is 6.26. The van der Waals surface area contributed by atoms with Crippen LogP contribution >= 0.6 is 15.9 Å². The second-order valence-electron chi connectivity index (χ2n) is 5.08. The van der Waals surface area contributed by atoms with Crippen molar-refractivity contribution >= 4 is 15.9 Å². The molecule has 2 unspecified atom stereocenters. The molecule has 0 aliphatic heterocycles. The molecule has 2 atom stereocenters. The summed E-state index contributed by atoms with van der Waals surface area (Å²) >= 11 is 3.70. The Morgan fingerprint density at radius 1 is 0.938 bits per heavy atom. The van der Waals surface area contributed by atoms with Gasteiger partial charge in [0.1, 0.15) is 0 Å². The summed E-state index contributed by atoms with van der Waals surface area (Å²) in [6, 6.07) is 0. The molecular weight excluding hydrogens is 268 g/mol. The quantitative estimate of drug-likeness (QED) is 0.550. The molecule has 0 spiro atoms. The van der Waals surface area contributed by atoms with Crippen LogP contribution in [0.3, 0.4) is 0 Å². The highest BCUT2D eigenvalue weighted by molar-refractivity contribution is 9.09. The Labute approximate surface area is 107 Å². The highest BCUT2D eigenvalue weighted by Gasteiger charge is 2.23. The minimum absolute atomic E-state index is 0.418. The predicted octanol–water partition coefficient (Wildman–Crippen LogP) is 3.53. The molecule has 2 saturated carbocycles. The summed E-state index contributed by atoms with van der Waals surface area (Å²) in [6.07, 6.45) is 9.68.